The van der Waals surface area contributed by atoms with Crippen molar-refractivity contribution in [3.8, 4) is 11.8 Å². The van der Waals surface area contributed by atoms with Crippen LogP contribution in [0.25, 0.3) is 0 Å². The zero-order valence-electron chi connectivity index (χ0n) is 10.9. The molecule has 104 valence electrons. The molecule has 2 aromatic rings. The molecule has 1 heterocycles. The van der Waals surface area contributed by atoms with Gasteiger partial charge >= 0.3 is 0 Å². The Labute approximate surface area is 126 Å². The molecule has 1 aromatic heterocycles. The van der Waals surface area contributed by atoms with E-state index in [-0.39, 0.29) is 12.3 Å². The first-order valence-electron chi connectivity index (χ1n) is 5.66. The molecule has 0 saturated heterocycles. The highest BCUT2D eigenvalue weighted by molar-refractivity contribution is 6.35. The second kappa shape index (κ2) is 6.04. The first kappa shape index (κ1) is 14.5. The molecule has 0 amide bonds. The summed E-state index contributed by atoms with van der Waals surface area (Å²) in [7, 11) is 3.53. The van der Waals surface area contributed by atoms with Gasteiger partial charge in [0.1, 0.15) is 11.8 Å². The third-order valence-electron chi connectivity index (χ3n) is 2.41. The van der Waals surface area contributed by atoms with Crippen LogP contribution in [-0.4, -0.2) is 19.1 Å². The van der Waals surface area contributed by atoms with E-state index in [1.807, 2.05) is 6.07 Å². The van der Waals surface area contributed by atoms with Crippen molar-refractivity contribution in [1.82, 2.24) is 4.98 Å². The largest absolute Gasteiger partial charge is 0.482 e. The molecule has 20 heavy (non-hydrogen) atoms. The fourth-order valence-corrected chi connectivity index (χ4v) is 1.99. The predicted molar refractivity (Wildman–Crippen MR) is 76.3 cm³/mol. The van der Waals surface area contributed by atoms with Gasteiger partial charge in [-0.05, 0) is 18.2 Å². The summed E-state index contributed by atoms with van der Waals surface area (Å²) in [6.45, 7) is 0.0733. The van der Waals surface area contributed by atoms with Crippen molar-refractivity contribution in [2.75, 3.05) is 19.0 Å². The summed E-state index contributed by atoms with van der Waals surface area (Å²) in [5.74, 6) is 1.17. The summed E-state index contributed by atoms with van der Waals surface area (Å²) in [4.78, 5) is 5.72. The SMILES string of the molecule is CN(C)c1oc(COc2ccc(Cl)cc2Cl)nc1C#N. The molecule has 0 saturated carbocycles. The monoisotopic (exact) mass is 311 g/mol. The van der Waals surface area contributed by atoms with E-state index in [0.29, 0.717) is 27.6 Å². The summed E-state index contributed by atoms with van der Waals surface area (Å²) in [6.07, 6.45) is 0. The lowest BCUT2D eigenvalue weighted by Crippen LogP contribution is -2.08. The summed E-state index contributed by atoms with van der Waals surface area (Å²) in [6, 6.07) is 6.88. The summed E-state index contributed by atoms with van der Waals surface area (Å²) in [5, 5.41) is 9.89. The van der Waals surface area contributed by atoms with E-state index in [2.05, 4.69) is 4.98 Å². The van der Waals surface area contributed by atoms with Crippen LogP contribution in [0.2, 0.25) is 10.0 Å². The molecular weight excluding hydrogens is 301 g/mol. The van der Waals surface area contributed by atoms with Gasteiger partial charge in [0.05, 0.1) is 5.02 Å². The molecule has 1 aromatic carbocycles. The number of rotatable bonds is 4. The minimum atomic E-state index is 0.0733. The van der Waals surface area contributed by atoms with Gasteiger partial charge in [-0.3, -0.25) is 0 Å². The normalized spacial score (nSPS) is 10.2. The van der Waals surface area contributed by atoms with E-state index >= 15 is 0 Å². The van der Waals surface area contributed by atoms with Crippen LogP contribution in [-0.2, 0) is 6.61 Å². The lowest BCUT2D eigenvalue weighted by Gasteiger charge is -2.07. The minimum absolute atomic E-state index is 0.0733. The lowest BCUT2D eigenvalue weighted by molar-refractivity contribution is 0.264. The number of nitrogens with zero attached hydrogens (tertiary/aromatic N) is 3. The number of hydrogen-bond donors (Lipinski definition) is 0. The van der Waals surface area contributed by atoms with Crippen LogP contribution < -0.4 is 9.64 Å². The number of aromatic nitrogens is 1. The number of anilines is 1. The lowest BCUT2D eigenvalue weighted by atomic mass is 10.3. The number of nitriles is 1. The van der Waals surface area contributed by atoms with Gasteiger partial charge in [-0.25, -0.2) is 0 Å². The van der Waals surface area contributed by atoms with Gasteiger partial charge < -0.3 is 14.1 Å². The van der Waals surface area contributed by atoms with Crippen molar-refractivity contribution in [2.24, 2.45) is 0 Å². The molecule has 7 heteroatoms. The smallest absolute Gasteiger partial charge is 0.236 e. The molecule has 0 aliphatic rings. The van der Waals surface area contributed by atoms with Crippen LogP contribution in [0.3, 0.4) is 0 Å². The molecule has 0 unspecified atom stereocenters. The van der Waals surface area contributed by atoms with Crippen LogP contribution in [0.15, 0.2) is 22.6 Å². The Balaban J connectivity index is 2.13. The van der Waals surface area contributed by atoms with E-state index in [4.69, 9.17) is 37.6 Å². The van der Waals surface area contributed by atoms with Crippen molar-refractivity contribution >= 4 is 29.1 Å². The van der Waals surface area contributed by atoms with Crippen molar-refractivity contribution in [3.63, 3.8) is 0 Å². The predicted octanol–water partition coefficient (Wildman–Crippen LogP) is 3.50. The highest BCUT2D eigenvalue weighted by atomic mass is 35.5. The molecule has 2 rings (SSSR count). The van der Waals surface area contributed by atoms with E-state index in [0.717, 1.165) is 0 Å². The van der Waals surface area contributed by atoms with Crippen LogP contribution in [0.4, 0.5) is 5.88 Å². The van der Waals surface area contributed by atoms with Crippen LogP contribution in [0.5, 0.6) is 5.75 Å². The maximum Gasteiger partial charge on any atom is 0.236 e. The van der Waals surface area contributed by atoms with Crippen LogP contribution in [0.1, 0.15) is 11.6 Å². The number of benzene rings is 1. The van der Waals surface area contributed by atoms with Crippen LogP contribution >= 0.6 is 23.2 Å². The van der Waals surface area contributed by atoms with E-state index < -0.39 is 0 Å². The topological polar surface area (TPSA) is 62.3 Å². The van der Waals surface area contributed by atoms with Gasteiger partial charge in [0.25, 0.3) is 0 Å². The second-order valence-corrected chi connectivity index (χ2v) is 4.97. The van der Waals surface area contributed by atoms with Gasteiger partial charge in [-0.15, -0.1) is 0 Å². The van der Waals surface area contributed by atoms with Gasteiger partial charge in [0, 0.05) is 19.1 Å². The molecule has 0 N–H and O–H groups in total. The first-order valence-corrected chi connectivity index (χ1v) is 6.42. The Morgan fingerprint density at radius 1 is 1.40 bits per heavy atom. The molecule has 0 spiro atoms. The molecule has 0 fully saturated rings. The Morgan fingerprint density at radius 2 is 2.15 bits per heavy atom. The fourth-order valence-electron chi connectivity index (χ4n) is 1.52. The first-order chi connectivity index (χ1) is 9.51. The summed E-state index contributed by atoms with van der Waals surface area (Å²) >= 11 is 11.8. The van der Waals surface area contributed by atoms with Crippen molar-refractivity contribution in [2.45, 2.75) is 6.61 Å². The molecule has 0 bridgehead atoms. The van der Waals surface area contributed by atoms with Crippen molar-refractivity contribution in [1.29, 1.82) is 5.26 Å². The zero-order valence-corrected chi connectivity index (χ0v) is 12.4. The maximum absolute atomic E-state index is 8.96. The highest BCUT2D eigenvalue weighted by Gasteiger charge is 2.15. The average Bonchev–Trinajstić information content (AvgIpc) is 2.81. The van der Waals surface area contributed by atoms with Crippen LogP contribution in [0, 0.1) is 11.3 Å². The zero-order chi connectivity index (χ0) is 14.7. The van der Waals surface area contributed by atoms with Crippen molar-refractivity contribution in [3.05, 3.63) is 39.8 Å². The number of halogens is 2. The molecule has 0 atom stereocenters. The fraction of sp³-hybridized carbons (Fsp3) is 0.231. The number of hydrogen-bond acceptors (Lipinski definition) is 5. The van der Waals surface area contributed by atoms with E-state index in [1.165, 1.54) is 0 Å². The molecule has 0 radical (unpaired) electrons. The Hall–Kier alpha value is -1.90. The van der Waals surface area contributed by atoms with E-state index in [1.54, 1.807) is 37.2 Å². The third-order valence-corrected chi connectivity index (χ3v) is 2.94. The van der Waals surface area contributed by atoms with Gasteiger partial charge in [0.15, 0.2) is 6.61 Å². The number of oxazole rings is 1. The highest BCUT2D eigenvalue weighted by Crippen LogP contribution is 2.28. The molecular formula is C13H11Cl2N3O2. The van der Waals surface area contributed by atoms with Gasteiger partial charge in [0.2, 0.25) is 17.5 Å². The summed E-state index contributed by atoms with van der Waals surface area (Å²) in [5.41, 5.74) is 0.218. The Kier molecular flexibility index (Phi) is 4.38. The molecule has 5 nitrogen and oxygen atoms in total. The number of ether oxygens (including phenoxy) is 1. The Bertz CT molecular complexity index is 662. The quantitative estimate of drug-likeness (QED) is 0.864. The minimum Gasteiger partial charge on any atom is -0.482 e. The third kappa shape index (κ3) is 3.16. The average molecular weight is 312 g/mol. The summed E-state index contributed by atoms with van der Waals surface area (Å²) < 4.78 is 10.9. The van der Waals surface area contributed by atoms with Gasteiger partial charge in [-0.2, -0.15) is 10.2 Å². The van der Waals surface area contributed by atoms with Gasteiger partial charge in [-0.1, -0.05) is 23.2 Å². The van der Waals surface area contributed by atoms with Crippen molar-refractivity contribution < 1.29 is 9.15 Å². The molecule has 0 aliphatic heterocycles. The standard InChI is InChI=1S/C13H11Cl2N3O2/c1-18(2)13-10(6-16)17-12(20-13)7-19-11-4-3-8(14)5-9(11)15/h3-5H,7H2,1-2H3. The van der Waals surface area contributed by atoms with E-state index in [9.17, 15) is 0 Å². The molecule has 0 aliphatic carbocycles. The Morgan fingerprint density at radius 3 is 2.70 bits per heavy atom. The second-order valence-electron chi connectivity index (χ2n) is 4.13. The maximum atomic E-state index is 8.96.